The highest BCUT2D eigenvalue weighted by Gasteiger charge is 2.19. The van der Waals surface area contributed by atoms with Crippen molar-refractivity contribution in [1.82, 2.24) is 25.1 Å². The van der Waals surface area contributed by atoms with Crippen molar-refractivity contribution in [2.24, 2.45) is 4.99 Å². The van der Waals surface area contributed by atoms with Gasteiger partial charge in [0.1, 0.15) is 5.82 Å². The molecule has 1 aromatic rings. The van der Waals surface area contributed by atoms with E-state index < -0.39 is 0 Å². The minimum absolute atomic E-state index is 0. The summed E-state index contributed by atoms with van der Waals surface area (Å²) < 4.78 is 2.20. The van der Waals surface area contributed by atoms with Gasteiger partial charge in [-0.3, -0.25) is 9.89 Å². The molecule has 0 unspecified atom stereocenters. The number of aryl methyl sites for hydroxylation is 2. The third-order valence-electron chi connectivity index (χ3n) is 4.77. The van der Waals surface area contributed by atoms with Crippen LogP contribution < -0.4 is 10.6 Å². The summed E-state index contributed by atoms with van der Waals surface area (Å²) in [6.07, 6.45) is 8.45. The van der Waals surface area contributed by atoms with Gasteiger partial charge in [-0.1, -0.05) is 12.2 Å². The third kappa shape index (κ3) is 9.10. The van der Waals surface area contributed by atoms with Crippen LogP contribution in [0.5, 0.6) is 0 Å². The third-order valence-corrected chi connectivity index (χ3v) is 4.77. The number of hydrogen-bond acceptors (Lipinski definition) is 3. The number of halogens is 1. The van der Waals surface area contributed by atoms with Gasteiger partial charge in [-0.2, -0.15) is 0 Å². The monoisotopic (exact) mass is 488 g/mol. The number of unbranched alkanes of at least 4 members (excludes halogenated alkanes) is 1. The molecule has 1 aliphatic heterocycles. The molecule has 1 aliphatic rings. The van der Waals surface area contributed by atoms with Crippen LogP contribution in [0.25, 0.3) is 0 Å². The Labute approximate surface area is 181 Å². The van der Waals surface area contributed by atoms with Crippen LogP contribution in [0.2, 0.25) is 0 Å². The number of aliphatic imine (C=N–C) groups is 1. The molecule has 1 saturated heterocycles. The molecule has 0 aromatic carbocycles. The average molecular weight is 488 g/mol. The van der Waals surface area contributed by atoms with E-state index in [1.54, 1.807) is 0 Å². The second-order valence-corrected chi connectivity index (χ2v) is 7.29. The lowest BCUT2D eigenvalue weighted by Crippen LogP contribution is -2.48. The van der Waals surface area contributed by atoms with Crippen LogP contribution in [0.15, 0.2) is 29.5 Å². The SMILES string of the molecule is C=C(C)CN1CCC(NC(=NCCCCn2ccnc2C)NCC)CC1.I. The fraction of sp³-hybridized carbons (Fsp3) is 0.700. The first-order chi connectivity index (χ1) is 12.6. The van der Waals surface area contributed by atoms with Crippen molar-refractivity contribution in [3.63, 3.8) is 0 Å². The Hall–Kier alpha value is -1.09. The number of nitrogens with one attached hydrogen (secondary N) is 2. The molecule has 7 heteroatoms. The van der Waals surface area contributed by atoms with E-state index in [0.717, 1.165) is 76.7 Å². The van der Waals surface area contributed by atoms with E-state index in [-0.39, 0.29) is 24.0 Å². The Kier molecular flexibility index (Phi) is 11.7. The molecular formula is C20H37IN6. The molecule has 1 aromatic heterocycles. The van der Waals surface area contributed by atoms with Crippen LogP contribution in [0, 0.1) is 6.92 Å². The summed E-state index contributed by atoms with van der Waals surface area (Å²) in [6.45, 7) is 16.4. The molecule has 0 radical (unpaired) electrons. The summed E-state index contributed by atoms with van der Waals surface area (Å²) in [6, 6.07) is 0.516. The van der Waals surface area contributed by atoms with E-state index in [9.17, 15) is 0 Å². The molecule has 2 heterocycles. The Bertz CT molecular complexity index is 575. The summed E-state index contributed by atoms with van der Waals surface area (Å²) in [5.41, 5.74) is 1.25. The number of guanidine groups is 1. The van der Waals surface area contributed by atoms with E-state index in [4.69, 9.17) is 4.99 Å². The van der Waals surface area contributed by atoms with E-state index in [2.05, 4.69) is 45.5 Å². The van der Waals surface area contributed by atoms with Gasteiger partial charge < -0.3 is 15.2 Å². The van der Waals surface area contributed by atoms with Crippen molar-refractivity contribution >= 4 is 29.9 Å². The largest absolute Gasteiger partial charge is 0.357 e. The van der Waals surface area contributed by atoms with E-state index in [1.807, 2.05) is 19.3 Å². The maximum atomic E-state index is 4.76. The first-order valence-corrected chi connectivity index (χ1v) is 9.97. The number of nitrogens with zero attached hydrogens (tertiary/aromatic N) is 4. The van der Waals surface area contributed by atoms with Crippen LogP contribution in [0.4, 0.5) is 0 Å². The van der Waals surface area contributed by atoms with Crippen molar-refractivity contribution in [1.29, 1.82) is 0 Å². The number of aromatic nitrogens is 2. The van der Waals surface area contributed by atoms with Gasteiger partial charge in [0.15, 0.2) is 5.96 Å². The van der Waals surface area contributed by atoms with E-state index in [0.29, 0.717) is 6.04 Å². The van der Waals surface area contributed by atoms with Crippen LogP contribution in [-0.4, -0.2) is 59.2 Å². The summed E-state index contributed by atoms with van der Waals surface area (Å²) in [7, 11) is 0. The zero-order valence-electron chi connectivity index (χ0n) is 17.2. The molecule has 0 saturated carbocycles. The average Bonchev–Trinajstić information content (AvgIpc) is 3.01. The zero-order valence-corrected chi connectivity index (χ0v) is 19.5. The zero-order chi connectivity index (χ0) is 18.8. The minimum atomic E-state index is 0. The number of piperidine rings is 1. The topological polar surface area (TPSA) is 57.5 Å². The quantitative estimate of drug-likeness (QED) is 0.184. The predicted octanol–water partition coefficient (Wildman–Crippen LogP) is 3.19. The van der Waals surface area contributed by atoms with E-state index in [1.165, 1.54) is 5.57 Å². The van der Waals surface area contributed by atoms with Crippen LogP contribution in [-0.2, 0) is 6.54 Å². The highest BCUT2D eigenvalue weighted by atomic mass is 127. The molecule has 27 heavy (non-hydrogen) atoms. The smallest absolute Gasteiger partial charge is 0.191 e. The molecule has 0 bridgehead atoms. The van der Waals surface area contributed by atoms with Gasteiger partial charge in [-0.05, 0) is 46.5 Å². The highest BCUT2D eigenvalue weighted by Crippen LogP contribution is 2.11. The van der Waals surface area contributed by atoms with Crippen molar-refractivity contribution in [3.05, 3.63) is 30.4 Å². The molecule has 2 rings (SSSR count). The molecular weight excluding hydrogens is 451 g/mol. The number of likely N-dealkylation sites (tertiary alicyclic amines) is 1. The lowest BCUT2D eigenvalue weighted by atomic mass is 10.0. The molecule has 0 aliphatic carbocycles. The Morgan fingerprint density at radius 3 is 2.67 bits per heavy atom. The lowest BCUT2D eigenvalue weighted by molar-refractivity contribution is 0.221. The summed E-state index contributed by atoms with van der Waals surface area (Å²) in [5, 5.41) is 7.00. The van der Waals surface area contributed by atoms with E-state index >= 15 is 0 Å². The summed E-state index contributed by atoms with van der Waals surface area (Å²) >= 11 is 0. The summed E-state index contributed by atoms with van der Waals surface area (Å²) in [4.78, 5) is 11.5. The van der Waals surface area contributed by atoms with Crippen LogP contribution in [0.1, 0.15) is 45.4 Å². The van der Waals surface area contributed by atoms with Gasteiger partial charge in [0.05, 0.1) is 0 Å². The normalized spacial score (nSPS) is 16.0. The Balaban J connectivity index is 0.00000364. The van der Waals surface area contributed by atoms with Crippen LogP contribution in [0.3, 0.4) is 0 Å². The summed E-state index contributed by atoms with van der Waals surface area (Å²) in [5.74, 6) is 2.05. The maximum Gasteiger partial charge on any atom is 0.191 e. The number of hydrogen-bond donors (Lipinski definition) is 2. The van der Waals surface area contributed by atoms with Gasteiger partial charge >= 0.3 is 0 Å². The van der Waals surface area contributed by atoms with Gasteiger partial charge in [0.2, 0.25) is 0 Å². The Morgan fingerprint density at radius 2 is 2.07 bits per heavy atom. The van der Waals surface area contributed by atoms with Gasteiger partial charge in [-0.15, -0.1) is 24.0 Å². The minimum Gasteiger partial charge on any atom is -0.357 e. The van der Waals surface area contributed by atoms with Crippen molar-refractivity contribution < 1.29 is 0 Å². The fourth-order valence-electron chi connectivity index (χ4n) is 3.36. The molecule has 0 atom stereocenters. The van der Waals surface area contributed by atoms with Crippen LogP contribution >= 0.6 is 24.0 Å². The molecule has 6 nitrogen and oxygen atoms in total. The Morgan fingerprint density at radius 1 is 1.33 bits per heavy atom. The second-order valence-electron chi connectivity index (χ2n) is 7.29. The molecule has 0 amide bonds. The molecule has 0 spiro atoms. The van der Waals surface area contributed by atoms with Crippen molar-refractivity contribution in [2.75, 3.05) is 32.7 Å². The van der Waals surface area contributed by atoms with Crippen molar-refractivity contribution in [3.8, 4) is 0 Å². The first-order valence-electron chi connectivity index (χ1n) is 9.97. The molecule has 2 N–H and O–H groups in total. The molecule has 154 valence electrons. The van der Waals surface area contributed by atoms with Gasteiger partial charge in [0, 0.05) is 57.7 Å². The fourth-order valence-corrected chi connectivity index (χ4v) is 3.36. The first kappa shape index (κ1) is 23.9. The highest BCUT2D eigenvalue weighted by molar-refractivity contribution is 14.0. The standard InChI is InChI=1S/C20H36N6.HI/c1-5-21-20(23-10-6-7-12-26-15-11-22-18(26)4)24-19-8-13-25(14-9-19)16-17(2)3;/h11,15,19H,2,5-10,12-14,16H2,1,3-4H3,(H2,21,23,24);1H. The van der Waals surface area contributed by atoms with Crippen molar-refractivity contribution in [2.45, 2.75) is 59.0 Å². The molecule has 1 fully saturated rings. The van der Waals surface area contributed by atoms with Gasteiger partial charge in [-0.25, -0.2) is 4.98 Å². The van der Waals surface area contributed by atoms with Gasteiger partial charge in [0.25, 0.3) is 0 Å². The second kappa shape index (κ2) is 13.1. The lowest BCUT2D eigenvalue weighted by Gasteiger charge is -2.33. The maximum absolute atomic E-state index is 4.76. The number of rotatable bonds is 9. The number of imidazole rings is 1. The predicted molar refractivity (Wildman–Crippen MR) is 125 cm³/mol.